The molecule has 1 aromatic carbocycles. The van der Waals surface area contributed by atoms with Crippen LogP contribution in [-0.2, 0) is 4.79 Å². The third-order valence-corrected chi connectivity index (χ3v) is 5.09. The molecule has 26 heavy (non-hydrogen) atoms. The highest BCUT2D eigenvalue weighted by molar-refractivity contribution is 7.98. The number of amides is 2. The Morgan fingerprint density at radius 1 is 1.35 bits per heavy atom. The molecule has 0 aliphatic carbocycles. The van der Waals surface area contributed by atoms with Crippen LogP contribution in [0.25, 0.3) is 5.69 Å². The lowest BCUT2D eigenvalue weighted by Crippen LogP contribution is -2.37. The van der Waals surface area contributed by atoms with Crippen LogP contribution in [0.3, 0.4) is 0 Å². The van der Waals surface area contributed by atoms with E-state index in [9.17, 15) is 14.0 Å². The molecule has 6 nitrogen and oxygen atoms in total. The van der Waals surface area contributed by atoms with Gasteiger partial charge in [0.25, 0.3) is 5.91 Å². The van der Waals surface area contributed by atoms with E-state index in [1.165, 1.54) is 30.1 Å². The molecule has 2 amide bonds. The molecule has 8 heteroatoms. The largest absolute Gasteiger partial charge is 0.341 e. The molecule has 2 aromatic rings. The van der Waals surface area contributed by atoms with E-state index in [4.69, 9.17) is 0 Å². The van der Waals surface area contributed by atoms with E-state index in [1.54, 1.807) is 33.5 Å². The van der Waals surface area contributed by atoms with Crippen molar-refractivity contribution in [3.05, 3.63) is 42.0 Å². The third-order valence-electron chi connectivity index (χ3n) is 4.44. The standard InChI is InChI=1S/C18H21FN4O2S/c1-21(10-11-22-9-3-4-16(22)24)17(25)15-12-20-18(26-2)23(15)14-7-5-13(19)6-8-14/h5-8,12H,3-4,9-11H2,1-2H3. The zero-order valence-electron chi connectivity index (χ0n) is 14.8. The fraction of sp³-hybridized carbons (Fsp3) is 0.389. The van der Waals surface area contributed by atoms with E-state index in [2.05, 4.69) is 4.98 Å². The van der Waals surface area contributed by atoms with Gasteiger partial charge >= 0.3 is 0 Å². The van der Waals surface area contributed by atoms with Gasteiger partial charge < -0.3 is 9.80 Å². The minimum Gasteiger partial charge on any atom is -0.341 e. The number of imidazole rings is 1. The van der Waals surface area contributed by atoms with Crippen molar-refractivity contribution in [2.45, 2.75) is 18.0 Å². The monoisotopic (exact) mass is 376 g/mol. The van der Waals surface area contributed by atoms with E-state index in [1.807, 2.05) is 6.26 Å². The van der Waals surface area contributed by atoms with Gasteiger partial charge in [0.2, 0.25) is 5.91 Å². The number of nitrogens with zero attached hydrogens (tertiary/aromatic N) is 4. The summed E-state index contributed by atoms with van der Waals surface area (Å²) in [6.45, 7) is 1.74. The summed E-state index contributed by atoms with van der Waals surface area (Å²) in [4.78, 5) is 32.3. The molecule has 0 radical (unpaired) electrons. The van der Waals surface area contributed by atoms with Crippen LogP contribution in [0.2, 0.25) is 0 Å². The lowest BCUT2D eigenvalue weighted by Gasteiger charge is -2.22. The molecular formula is C18H21FN4O2S. The minimum atomic E-state index is -0.333. The van der Waals surface area contributed by atoms with Crippen molar-refractivity contribution >= 4 is 23.6 Å². The van der Waals surface area contributed by atoms with Gasteiger partial charge in [-0.15, -0.1) is 0 Å². The maximum atomic E-state index is 13.2. The van der Waals surface area contributed by atoms with E-state index in [0.29, 0.717) is 36.0 Å². The van der Waals surface area contributed by atoms with Gasteiger partial charge in [0.05, 0.1) is 6.20 Å². The molecule has 1 fully saturated rings. The number of halogens is 1. The van der Waals surface area contributed by atoms with Crippen molar-refractivity contribution in [2.75, 3.05) is 32.9 Å². The molecule has 0 atom stereocenters. The molecule has 0 N–H and O–H groups in total. The Morgan fingerprint density at radius 3 is 2.69 bits per heavy atom. The van der Waals surface area contributed by atoms with Crippen molar-refractivity contribution in [3.8, 4) is 5.69 Å². The molecule has 3 rings (SSSR count). The van der Waals surface area contributed by atoms with E-state index in [0.717, 1.165) is 13.0 Å². The normalized spacial score (nSPS) is 14.1. The lowest BCUT2D eigenvalue weighted by molar-refractivity contribution is -0.127. The number of thioether (sulfide) groups is 1. The maximum absolute atomic E-state index is 13.2. The highest BCUT2D eigenvalue weighted by Crippen LogP contribution is 2.23. The summed E-state index contributed by atoms with van der Waals surface area (Å²) in [6, 6.07) is 5.96. The molecule has 0 spiro atoms. The summed E-state index contributed by atoms with van der Waals surface area (Å²) in [7, 11) is 1.71. The van der Waals surface area contributed by atoms with E-state index >= 15 is 0 Å². The first-order chi connectivity index (χ1) is 12.5. The highest BCUT2D eigenvalue weighted by atomic mass is 32.2. The predicted molar refractivity (Wildman–Crippen MR) is 98.1 cm³/mol. The van der Waals surface area contributed by atoms with Crippen molar-refractivity contribution in [1.82, 2.24) is 19.4 Å². The second-order valence-electron chi connectivity index (χ2n) is 6.15. The van der Waals surface area contributed by atoms with Crippen LogP contribution in [0, 0.1) is 5.82 Å². The predicted octanol–water partition coefficient (Wildman–Crippen LogP) is 2.43. The number of hydrogen-bond donors (Lipinski definition) is 0. The fourth-order valence-corrected chi connectivity index (χ4v) is 3.52. The molecule has 0 unspecified atom stereocenters. The smallest absolute Gasteiger partial charge is 0.272 e. The first kappa shape index (κ1) is 18.4. The van der Waals surface area contributed by atoms with Gasteiger partial charge in [-0.2, -0.15) is 0 Å². The van der Waals surface area contributed by atoms with Crippen LogP contribution in [0.1, 0.15) is 23.3 Å². The molecule has 0 saturated carbocycles. The first-order valence-corrected chi connectivity index (χ1v) is 9.64. The Bertz CT molecular complexity index is 806. The number of hydrogen-bond acceptors (Lipinski definition) is 4. The Labute approximate surface area is 156 Å². The average molecular weight is 376 g/mol. The van der Waals surface area contributed by atoms with Gasteiger partial charge in [0.15, 0.2) is 5.16 Å². The number of likely N-dealkylation sites (tertiary alicyclic amines) is 1. The van der Waals surface area contributed by atoms with Crippen LogP contribution in [0.4, 0.5) is 4.39 Å². The number of benzene rings is 1. The van der Waals surface area contributed by atoms with Crippen LogP contribution in [0.5, 0.6) is 0 Å². The Morgan fingerprint density at radius 2 is 2.08 bits per heavy atom. The summed E-state index contributed by atoms with van der Waals surface area (Å²) in [5.41, 5.74) is 1.09. The zero-order chi connectivity index (χ0) is 18.7. The van der Waals surface area contributed by atoms with E-state index in [-0.39, 0.29) is 17.6 Å². The molecular weight excluding hydrogens is 355 g/mol. The second kappa shape index (κ2) is 7.90. The molecule has 2 heterocycles. The van der Waals surface area contributed by atoms with Crippen LogP contribution in [0.15, 0.2) is 35.6 Å². The summed E-state index contributed by atoms with van der Waals surface area (Å²) in [5.74, 6) is -0.375. The second-order valence-corrected chi connectivity index (χ2v) is 6.93. The van der Waals surface area contributed by atoms with Crippen molar-refractivity contribution < 1.29 is 14.0 Å². The SMILES string of the molecule is CSc1ncc(C(=O)N(C)CCN2CCCC2=O)n1-c1ccc(F)cc1. The summed E-state index contributed by atoms with van der Waals surface area (Å²) in [6.07, 6.45) is 4.88. The molecule has 1 aromatic heterocycles. The van der Waals surface area contributed by atoms with Gasteiger partial charge in [-0.25, -0.2) is 9.37 Å². The number of rotatable bonds is 6. The molecule has 0 bridgehead atoms. The average Bonchev–Trinajstić information content (AvgIpc) is 3.25. The van der Waals surface area contributed by atoms with Gasteiger partial charge in [-0.05, 0) is 36.9 Å². The number of likely N-dealkylation sites (N-methyl/N-ethyl adjacent to an activating group) is 1. The van der Waals surface area contributed by atoms with Crippen LogP contribution < -0.4 is 0 Å². The number of carbonyl (C=O) groups excluding carboxylic acids is 2. The van der Waals surface area contributed by atoms with Crippen molar-refractivity contribution in [1.29, 1.82) is 0 Å². The van der Waals surface area contributed by atoms with Gasteiger partial charge in [-0.1, -0.05) is 11.8 Å². The zero-order valence-corrected chi connectivity index (χ0v) is 15.6. The number of aromatic nitrogens is 2. The topological polar surface area (TPSA) is 58.4 Å². The van der Waals surface area contributed by atoms with Gasteiger partial charge in [0.1, 0.15) is 11.5 Å². The van der Waals surface area contributed by atoms with E-state index < -0.39 is 0 Å². The molecule has 1 saturated heterocycles. The Kier molecular flexibility index (Phi) is 5.61. The van der Waals surface area contributed by atoms with Crippen molar-refractivity contribution in [2.24, 2.45) is 0 Å². The summed E-state index contributed by atoms with van der Waals surface area (Å²) < 4.78 is 15.0. The maximum Gasteiger partial charge on any atom is 0.272 e. The molecule has 1 aliphatic rings. The number of carbonyl (C=O) groups is 2. The van der Waals surface area contributed by atoms with Gasteiger partial charge in [-0.3, -0.25) is 14.2 Å². The molecule has 138 valence electrons. The highest BCUT2D eigenvalue weighted by Gasteiger charge is 2.23. The minimum absolute atomic E-state index is 0.145. The quantitative estimate of drug-likeness (QED) is 0.727. The Balaban J connectivity index is 1.79. The first-order valence-electron chi connectivity index (χ1n) is 8.42. The summed E-state index contributed by atoms with van der Waals surface area (Å²) in [5, 5.41) is 0.656. The molecule has 1 aliphatic heterocycles. The van der Waals surface area contributed by atoms with Gasteiger partial charge in [0, 0.05) is 38.8 Å². The lowest BCUT2D eigenvalue weighted by atomic mass is 10.3. The summed E-state index contributed by atoms with van der Waals surface area (Å²) >= 11 is 1.41. The third kappa shape index (κ3) is 3.75. The fourth-order valence-electron chi connectivity index (χ4n) is 2.98. The van der Waals surface area contributed by atoms with Crippen LogP contribution >= 0.6 is 11.8 Å². The van der Waals surface area contributed by atoms with Crippen molar-refractivity contribution in [3.63, 3.8) is 0 Å². The Hall–Kier alpha value is -2.35. The van der Waals surface area contributed by atoms with Crippen LogP contribution in [-0.4, -0.2) is 64.1 Å².